The summed E-state index contributed by atoms with van der Waals surface area (Å²) in [7, 11) is 1.56. The molecule has 2 heterocycles. The summed E-state index contributed by atoms with van der Waals surface area (Å²) in [6.45, 7) is 1.41. The zero-order chi connectivity index (χ0) is 17.8. The molecule has 2 aromatic rings. The topological polar surface area (TPSA) is 51.5 Å². The average Bonchev–Trinajstić information content (AvgIpc) is 3.10. The number of aromatic nitrogens is 1. The van der Waals surface area contributed by atoms with E-state index in [1.807, 2.05) is 6.07 Å². The quantitative estimate of drug-likeness (QED) is 0.838. The van der Waals surface area contributed by atoms with Gasteiger partial charge in [0.25, 0.3) is 11.5 Å². The van der Waals surface area contributed by atoms with Crippen LogP contribution in [0.2, 0.25) is 0 Å². The molecule has 1 aromatic carbocycles. The molecule has 132 valence electrons. The Labute approximate surface area is 145 Å². The first kappa shape index (κ1) is 17.4. The van der Waals surface area contributed by atoms with Gasteiger partial charge in [-0.15, -0.1) is 0 Å². The number of halogens is 1. The number of carbonyl (C=O) groups is 1. The largest absolute Gasteiger partial charge is 0.383 e. The Morgan fingerprint density at radius 1 is 1.32 bits per heavy atom. The van der Waals surface area contributed by atoms with E-state index in [-0.39, 0.29) is 23.3 Å². The molecule has 0 saturated carbocycles. The molecule has 0 radical (unpaired) electrons. The molecule has 0 bridgehead atoms. The Morgan fingerprint density at radius 2 is 2.16 bits per heavy atom. The minimum absolute atomic E-state index is 0.137. The predicted octanol–water partition coefficient (Wildman–Crippen LogP) is 2.61. The molecule has 0 N–H and O–H groups in total. The first-order valence-corrected chi connectivity index (χ1v) is 8.36. The monoisotopic (exact) mass is 344 g/mol. The second kappa shape index (κ2) is 7.61. The third-order valence-corrected chi connectivity index (χ3v) is 4.51. The fourth-order valence-corrected chi connectivity index (χ4v) is 3.26. The molecule has 1 aliphatic heterocycles. The summed E-state index contributed by atoms with van der Waals surface area (Å²) in [5.74, 6) is -0.442. The number of ether oxygens (including phenoxy) is 1. The van der Waals surface area contributed by atoms with Crippen LogP contribution in [0.1, 0.15) is 34.8 Å². The molecule has 0 spiro atoms. The van der Waals surface area contributed by atoms with Crippen LogP contribution >= 0.6 is 0 Å². The summed E-state index contributed by atoms with van der Waals surface area (Å²) < 4.78 is 20.0. The van der Waals surface area contributed by atoms with Crippen LogP contribution in [0.3, 0.4) is 0 Å². The van der Waals surface area contributed by atoms with Crippen molar-refractivity contribution in [1.29, 1.82) is 0 Å². The molecule has 25 heavy (non-hydrogen) atoms. The molecule has 1 fully saturated rings. The second-order valence-corrected chi connectivity index (χ2v) is 6.15. The number of nitrogens with zero attached hydrogens (tertiary/aromatic N) is 2. The van der Waals surface area contributed by atoms with Gasteiger partial charge in [-0.2, -0.15) is 0 Å². The lowest BCUT2D eigenvalue weighted by atomic mass is 10.0. The molecule has 0 aliphatic carbocycles. The van der Waals surface area contributed by atoms with E-state index in [9.17, 15) is 14.0 Å². The number of amides is 1. The number of pyridine rings is 1. The third-order valence-electron chi connectivity index (χ3n) is 4.51. The molecule has 6 heteroatoms. The van der Waals surface area contributed by atoms with E-state index < -0.39 is 0 Å². The molecule has 5 nitrogen and oxygen atoms in total. The van der Waals surface area contributed by atoms with Crippen LogP contribution in [0.15, 0.2) is 47.4 Å². The molecule has 1 amide bonds. The van der Waals surface area contributed by atoms with Crippen molar-refractivity contribution in [2.24, 2.45) is 0 Å². The van der Waals surface area contributed by atoms with Gasteiger partial charge in [-0.25, -0.2) is 4.39 Å². The van der Waals surface area contributed by atoms with Crippen LogP contribution in [0.25, 0.3) is 0 Å². The van der Waals surface area contributed by atoms with E-state index >= 15 is 0 Å². The molecule has 1 aromatic heterocycles. The van der Waals surface area contributed by atoms with Gasteiger partial charge in [-0.05, 0) is 36.6 Å². The van der Waals surface area contributed by atoms with Gasteiger partial charge >= 0.3 is 0 Å². The van der Waals surface area contributed by atoms with E-state index in [0.717, 1.165) is 18.4 Å². The van der Waals surface area contributed by atoms with Gasteiger partial charge in [0, 0.05) is 32.5 Å². The van der Waals surface area contributed by atoms with Crippen LogP contribution < -0.4 is 5.56 Å². The molecule has 1 atom stereocenters. The van der Waals surface area contributed by atoms with Gasteiger partial charge in [-0.1, -0.05) is 12.1 Å². The Bertz CT molecular complexity index is 818. The van der Waals surface area contributed by atoms with Gasteiger partial charge in [-0.3, -0.25) is 9.59 Å². The number of rotatable bonds is 5. The third kappa shape index (κ3) is 3.79. The van der Waals surface area contributed by atoms with Gasteiger partial charge in [0.2, 0.25) is 0 Å². The van der Waals surface area contributed by atoms with Crippen molar-refractivity contribution in [2.45, 2.75) is 25.4 Å². The maximum Gasteiger partial charge on any atom is 0.255 e. The Kier molecular flexibility index (Phi) is 5.28. The number of likely N-dealkylation sites (tertiary alicyclic amines) is 1. The highest BCUT2D eigenvalue weighted by Gasteiger charge is 2.31. The lowest BCUT2D eigenvalue weighted by molar-refractivity contribution is 0.0734. The number of benzene rings is 1. The van der Waals surface area contributed by atoms with Crippen LogP contribution in [-0.4, -0.2) is 35.6 Å². The van der Waals surface area contributed by atoms with E-state index in [1.54, 1.807) is 30.3 Å². The Hall–Kier alpha value is -2.47. The van der Waals surface area contributed by atoms with Gasteiger partial charge < -0.3 is 14.2 Å². The Morgan fingerprint density at radius 3 is 2.92 bits per heavy atom. The first-order valence-electron chi connectivity index (χ1n) is 8.36. The molecule has 1 aliphatic rings. The minimum atomic E-state index is -0.301. The highest BCUT2D eigenvalue weighted by Crippen LogP contribution is 2.33. The predicted molar refractivity (Wildman–Crippen MR) is 92.0 cm³/mol. The van der Waals surface area contributed by atoms with E-state index in [4.69, 9.17) is 4.74 Å². The zero-order valence-electron chi connectivity index (χ0n) is 14.2. The molecular weight excluding hydrogens is 323 g/mol. The van der Waals surface area contributed by atoms with Crippen LogP contribution in [0, 0.1) is 5.82 Å². The van der Waals surface area contributed by atoms with Crippen molar-refractivity contribution in [1.82, 2.24) is 9.47 Å². The highest BCUT2D eigenvalue weighted by molar-refractivity contribution is 5.94. The van der Waals surface area contributed by atoms with E-state index in [0.29, 0.717) is 25.3 Å². The van der Waals surface area contributed by atoms with Crippen LogP contribution in [-0.2, 0) is 11.3 Å². The first-order chi connectivity index (χ1) is 12.1. The number of hydrogen-bond acceptors (Lipinski definition) is 3. The fraction of sp³-hybridized carbons (Fsp3) is 0.368. The second-order valence-electron chi connectivity index (χ2n) is 6.15. The Balaban J connectivity index is 1.85. The van der Waals surface area contributed by atoms with E-state index in [1.165, 1.54) is 22.8 Å². The fourth-order valence-electron chi connectivity index (χ4n) is 3.26. The lowest BCUT2D eigenvalue weighted by Gasteiger charge is -2.25. The normalized spacial score (nSPS) is 17.0. The summed E-state index contributed by atoms with van der Waals surface area (Å²) in [6.07, 6.45) is 3.25. The van der Waals surface area contributed by atoms with Crippen LogP contribution in [0.4, 0.5) is 4.39 Å². The van der Waals surface area contributed by atoms with Gasteiger partial charge in [0.1, 0.15) is 5.82 Å². The summed E-state index contributed by atoms with van der Waals surface area (Å²) in [5.41, 5.74) is 1.09. The van der Waals surface area contributed by atoms with Crippen molar-refractivity contribution in [3.63, 3.8) is 0 Å². The number of hydrogen-bond donors (Lipinski definition) is 0. The molecule has 3 rings (SSSR count). The molecule has 0 unspecified atom stereocenters. The van der Waals surface area contributed by atoms with Crippen molar-refractivity contribution < 1.29 is 13.9 Å². The molecule has 1 saturated heterocycles. The SMILES string of the molecule is COCCn1cc(C(=O)N2CCC[C@@H]2c2cccc(F)c2)ccc1=O. The summed E-state index contributed by atoms with van der Waals surface area (Å²) in [5, 5.41) is 0. The van der Waals surface area contributed by atoms with Crippen molar-refractivity contribution in [3.8, 4) is 0 Å². The van der Waals surface area contributed by atoms with Crippen molar-refractivity contribution in [2.75, 3.05) is 20.3 Å². The van der Waals surface area contributed by atoms with E-state index in [2.05, 4.69) is 0 Å². The van der Waals surface area contributed by atoms with Gasteiger partial charge in [0.15, 0.2) is 0 Å². The number of carbonyl (C=O) groups excluding carboxylic acids is 1. The minimum Gasteiger partial charge on any atom is -0.383 e. The standard InChI is InChI=1S/C19H21FN2O3/c1-25-11-10-21-13-15(7-8-18(21)23)19(24)22-9-3-6-17(22)14-4-2-5-16(20)12-14/h2,4-5,7-8,12-13,17H,3,6,9-11H2,1H3/t17-/m1/s1. The van der Waals surface area contributed by atoms with Crippen LogP contribution in [0.5, 0.6) is 0 Å². The maximum atomic E-state index is 13.5. The molecular formula is C19H21FN2O3. The average molecular weight is 344 g/mol. The summed E-state index contributed by atoms with van der Waals surface area (Å²) in [6, 6.07) is 9.20. The number of methoxy groups -OCH3 is 1. The van der Waals surface area contributed by atoms with Crippen molar-refractivity contribution in [3.05, 3.63) is 69.9 Å². The van der Waals surface area contributed by atoms with Gasteiger partial charge in [0.05, 0.1) is 18.2 Å². The maximum absolute atomic E-state index is 13.5. The summed E-state index contributed by atoms with van der Waals surface area (Å²) in [4.78, 5) is 26.6. The highest BCUT2D eigenvalue weighted by atomic mass is 19.1. The smallest absolute Gasteiger partial charge is 0.255 e. The lowest BCUT2D eigenvalue weighted by Crippen LogP contribution is -2.32. The zero-order valence-corrected chi connectivity index (χ0v) is 14.2. The summed E-state index contributed by atoms with van der Waals surface area (Å²) >= 11 is 0. The van der Waals surface area contributed by atoms with Crippen molar-refractivity contribution >= 4 is 5.91 Å².